The molecule has 1 N–H and O–H groups in total. The number of anilines is 1. The first kappa shape index (κ1) is 17.5. The molecule has 2 aromatic rings. The Morgan fingerprint density at radius 2 is 1.91 bits per heavy atom. The first-order valence-electron chi connectivity index (χ1n) is 6.18. The fraction of sp³-hybridized carbons (Fsp3) is 0.0714. The molecule has 0 radical (unpaired) electrons. The number of carbonyl (C=O) groups is 1. The summed E-state index contributed by atoms with van der Waals surface area (Å²) in [5.41, 5.74) is -0.0459. The van der Waals surface area contributed by atoms with E-state index in [4.69, 9.17) is 27.9 Å². The molecule has 2 rings (SSSR count). The van der Waals surface area contributed by atoms with Crippen LogP contribution in [0.1, 0.15) is 0 Å². The summed E-state index contributed by atoms with van der Waals surface area (Å²) in [5.74, 6) is -0.190. The van der Waals surface area contributed by atoms with Crippen molar-refractivity contribution in [3.63, 3.8) is 0 Å². The highest BCUT2D eigenvalue weighted by Gasteiger charge is 2.13. The molecule has 120 valence electrons. The van der Waals surface area contributed by atoms with E-state index in [9.17, 15) is 14.9 Å². The molecule has 0 aliphatic heterocycles. The third kappa shape index (κ3) is 4.82. The summed E-state index contributed by atoms with van der Waals surface area (Å²) in [4.78, 5) is 22.1. The lowest BCUT2D eigenvalue weighted by atomic mass is 10.3. The van der Waals surface area contributed by atoms with Crippen LogP contribution in [-0.4, -0.2) is 17.4 Å². The molecule has 2 aromatic carbocycles. The van der Waals surface area contributed by atoms with Crippen molar-refractivity contribution >= 4 is 56.4 Å². The van der Waals surface area contributed by atoms with Crippen LogP contribution in [0.15, 0.2) is 40.9 Å². The molecule has 23 heavy (non-hydrogen) atoms. The normalized spacial score (nSPS) is 10.2. The summed E-state index contributed by atoms with van der Waals surface area (Å²) in [6, 6.07) is 8.73. The van der Waals surface area contributed by atoms with Crippen LogP contribution in [0.5, 0.6) is 5.75 Å². The minimum Gasteiger partial charge on any atom is -0.482 e. The van der Waals surface area contributed by atoms with Crippen molar-refractivity contribution in [1.29, 1.82) is 0 Å². The number of nitro groups is 1. The number of benzene rings is 2. The number of amides is 1. The van der Waals surface area contributed by atoms with Crippen molar-refractivity contribution in [3.8, 4) is 5.75 Å². The lowest BCUT2D eigenvalue weighted by Crippen LogP contribution is -2.20. The van der Waals surface area contributed by atoms with E-state index in [1.54, 1.807) is 18.2 Å². The molecule has 0 bridgehead atoms. The molecule has 0 aliphatic rings. The number of rotatable bonds is 5. The summed E-state index contributed by atoms with van der Waals surface area (Å²) in [5, 5.41) is 13.7. The fourth-order valence-electron chi connectivity index (χ4n) is 1.64. The number of hydrogen-bond acceptors (Lipinski definition) is 4. The highest BCUT2D eigenvalue weighted by Crippen LogP contribution is 2.29. The first-order valence-corrected chi connectivity index (χ1v) is 7.73. The van der Waals surface area contributed by atoms with Gasteiger partial charge in [-0.2, -0.15) is 0 Å². The highest BCUT2D eigenvalue weighted by molar-refractivity contribution is 9.10. The number of non-ortho nitro benzene ring substituents is 1. The van der Waals surface area contributed by atoms with Gasteiger partial charge in [-0.1, -0.05) is 39.1 Å². The van der Waals surface area contributed by atoms with E-state index in [1.165, 1.54) is 18.2 Å². The maximum Gasteiger partial charge on any atom is 0.271 e. The van der Waals surface area contributed by atoms with E-state index in [-0.39, 0.29) is 23.0 Å². The molecule has 0 heterocycles. The zero-order valence-electron chi connectivity index (χ0n) is 11.4. The third-order valence-corrected chi connectivity index (χ3v) is 3.82. The van der Waals surface area contributed by atoms with Crippen molar-refractivity contribution in [2.75, 3.05) is 11.9 Å². The number of halogens is 3. The molecule has 0 aliphatic carbocycles. The summed E-state index contributed by atoms with van der Waals surface area (Å²) in [6.07, 6.45) is 0. The van der Waals surface area contributed by atoms with Gasteiger partial charge in [-0.25, -0.2) is 0 Å². The van der Waals surface area contributed by atoms with Crippen LogP contribution in [0.4, 0.5) is 11.4 Å². The molecule has 0 saturated heterocycles. The van der Waals surface area contributed by atoms with Crippen LogP contribution in [0.3, 0.4) is 0 Å². The predicted octanol–water partition coefficient (Wildman–Crippen LogP) is 4.68. The van der Waals surface area contributed by atoms with Crippen LogP contribution in [-0.2, 0) is 4.79 Å². The molecule has 9 heteroatoms. The fourth-order valence-corrected chi connectivity index (χ4v) is 2.32. The van der Waals surface area contributed by atoms with Gasteiger partial charge in [0.25, 0.3) is 11.6 Å². The average Bonchev–Trinajstić information content (AvgIpc) is 2.50. The Morgan fingerprint density at radius 3 is 2.61 bits per heavy atom. The Kier molecular flexibility index (Phi) is 5.81. The minimum absolute atomic E-state index is 0.134. The van der Waals surface area contributed by atoms with Crippen LogP contribution < -0.4 is 10.1 Å². The number of nitro benzene ring substituents is 1. The molecule has 6 nitrogen and oxygen atoms in total. The Labute approximate surface area is 149 Å². The molecular formula is C14H9BrCl2N2O4. The van der Waals surface area contributed by atoms with Crippen LogP contribution in [0, 0.1) is 10.1 Å². The minimum atomic E-state index is -0.580. The third-order valence-electron chi connectivity index (χ3n) is 2.69. The van der Waals surface area contributed by atoms with Crippen molar-refractivity contribution in [2.24, 2.45) is 0 Å². The van der Waals surface area contributed by atoms with E-state index in [1.807, 2.05) is 0 Å². The maximum atomic E-state index is 11.9. The van der Waals surface area contributed by atoms with Gasteiger partial charge in [0.05, 0.1) is 20.7 Å². The van der Waals surface area contributed by atoms with Crippen LogP contribution >= 0.6 is 39.1 Å². The van der Waals surface area contributed by atoms with Gasteiger partial charge < -0.3 is 10.1 Å². The van der Waals surface area contributed by atoms with Gasteiger partial charge in [0.2, 0.25) is 0 Å². The van der Waals surface area contributed by atoms with Gasteiger partial charge in [-0.3, -0.25) is 14.9 Å². The van der Waals surface area contributed by atoms with E-state index in [0.29, 0.717) is 10.8 Å². The standard InChI is InChI=1S/C14H9BrCl2N2O4/c15-8-1-3-11(17)13(5-8)23-7-14(20)18-12-6-9(19(21)22)2-4-10(12)16/h1-6H,7H2,(H,18,20). The zero-order chi connectivity index (χ0) is 17.0. The van der Waals surface area contributed by atoms with Gasteiger partial charge in [0.1, 0.15) is 5.75 Å². The number of hydrogen-bond donors (Lipinski definition) is 1. The molecule has 0 saturated carbocycles. The highest BCUT2D eigenvalue weighted by atomic mass is 79.9. The lowest BCUT2D eigenvalue weighted by molar-refractivity contribution is -0.384. The molecule has 0 spiro atoms. The van der Waals surface area contributed by atoms with Crippen LogP contribution in [0.25, 0.3) is 0 Å². The number of carbonyl (C=O) groups excluding carboxylic acids is 1. The maximum absolute atomic E-state index is 11.9. The zero-order valence-corrected chi connectivity index (χ0v) is 14.5. The Balaban J connectivity index is 2.04. The lowest BCUT2D eigenvalue weighted by Gasteiger charge is -2.10. The van der Waals surface area contributed by atoms with Crippen molar-refractivity contribution in [3.05, 3.63) is 61.0 Å². The summed E-state index contributed by atoms with van der Waals surface area (Å²) >= 11 is 15.1. The average molecular weight is 420 g/mol. The largest absolute Gasteiger partial charge is 0.482 e. The topological polar surface area (TPSA) is 81.5 Å². The SMILES string of the molecule is O=C(COc1cc(Br)ccc1Cl)Nc1cc([N+](=O)[O-])ccc1Cl. The van der Waals surface area contributed by atoms with Crippen molar-refractivity contribution in [2.45, 2.75) is 0 Å². The van der Waals surface area contributed by atoms with Gasteiger partial charge >= 0.3 is 0 Å². The molecule has 0 atom stereocenters. The molecule has 0 unspecified atom stereocenters. The molecular weight excluding hydrogens is 411 g/mol. The van der Waals surface area contributed by atoms with Gasteiger partial charge in [0, 0.05) is 16.6 Å². The number of ether oxygens (including phenoxy) is 1. The number of nitrogens with zero attached hydrogens (tertiary/aromatic N) is 1. The van der Waals surface area contributed by atoms with E-state index in [0.717, 1.165) is 4.47 Å². The smallest absolute Gasteiger partial charge is 0.271 e. The summed E-state index contributed by atoms with van der Waals surface area (Å²) < 4.78 is 6.07. The van der Waals surface area contributed by atoms with Gasteiger partial charge in [-0.15, -0.1) is 0 Å². The second-order valence-electron chi connectivity index (χ2n) is 4.33. The van der Waals surface area contributed by atoms with Gasteiger partial charge in [0.15, 0.2) is 6.61 Å². The second kappa shape index (κ2) is 7.63. The monoisotopic (exact) mass is 418 g/mol. The Bertz CT molecular complexity index is 770. The first-order chi connectivity index (χ1) is 10.9. The quantitative estimate of drug-likeness (QED) is 0.563. The van der Waals surface area contributed by atoms with E-state index in [2.05, 4.69) is 21.2 Å². The number of nitrogens with one attached hydrogen (secondary N) is 1. The molecule has 0 fully saturated rings. The van der Waals surface area contributed by atoms with E-state index < -0.39 is 10.8 Å². The second-order valence-corrected chi connectivity index (χ2v) is 6.06. The Morgan fingerprint density at radius 1 is 1.22 bits per heavy atom. The van der Waals surface area contributed by atoms with Gasteiger partial charge in [-0.05, 0) is 24.3 Å². The summed E-state index contributed by atoms with van der Waals surface area (Å²) in [7, 11) is 0. The van der Waals surface area contributed by atoms with Crippen LogP contribution in [0.2, 0.25) is 10.0 Å². The molecule has 1 amide bonds. The van der Waals surface area contributed by atoms with Crippen molar-refractivity contribution < 1.29 is 14.5 Å². The van der Waals surface area contributed by atoms with Crippen molar-refractivity contribution in [1.82, 2.24) is 0 Å². The summed E-state index contributed by atoms with van der Waals surface area (Å²) in [6.45, 7) is -0.324. The van der Waals surface area contributed by atoms with E-state index >= 15 is 0 Å². The predicted molar refractivity (Wildman–Crippen MR) is 91.4 cm³/mol. The Hall–Kier alpha value is -1.83. The molecule has 0 aromatic heterocycles.